The number of fused-ring (bicyclic) bond motifs is 2. The maximum absolute atomic E-state index is 12.7. The van der Waals surface area contributed by atoms with Gasteiger partial charge in [0.05, 0.1) is 5.52 Å². The number of nitrogens with zero attached hydrogens (tertiary/aromatic N) is 3. The number of benzene rings is 4. The Balaban J connectivity index is 1.65. The van der Waals surface area contributed by atoms with Gasteiger partial charge in [0.15, 0.2) is 0 Å². The third-order valence-corrected chi connectivity index (χ3v) is 8.09. The quantitative estimate of drug-likeness (QED) is 0.233. The lowest BCUT2D eigenvalue weighted by atomic mass is 9.77. The van der Waals surface area contributed by atoms with E-state index in [0.29, 0.717) is 6.42 Å². The van der Waals surface area contributed by atoms with Crippen molar-refractivity contribution < 1.29 is 4.79 Å². The molecule has 2 aromatic heterocycles. The molecule has 4 aromatic carbocycles. The summed E-state index contributed by atoms with van der Waals surface area (Å²) in [4.78, 5) is 17.1. The fraction of sp³-hybridized carbons (Fsp3) is 0.139. The van der Waals surface area contributed by atoms with Crippen molar-refractivity contribution in [2.24, 2.45) is 0 Å². The van der Waals surface area contributed by atoms with E-state index in [1.807, 2.05) is 37.4 Å². The highest BCUT2D eigenvalue weighted by molar-refractivity contribution is 6.00. The smallest absolute Gasteiger partial charge is 0.224 e. The monoisotopic (exact) mass is 534 g/mol. The van der Waals surface area contributed by atoms with Crippen LogP contribution in [0.3, 0.4) is 0 Å². The molecule has 0 atom stereocenters. The molecule has 1 aliphatic rings. The van der Waals surface area contributed by atoms with Crippen molar-refractivity contribution in [2.75, 3.05) is 5.32 Å². The van der Waals surface area contributed by atoms with Gasteiger partial charge in [0.1, 0.15) is 11.2 Å². The molecule has 0 saturated heterocycles. The van der Waals surface area contributed by atoms with Crippen LogP contribution in [0.25, 0.3) is 22.2 Å². The van der Waals surface area contributed by atoms with Crippen LogP contribution in [0.4, 0.5) is 5.69 Å². The number of rotatable bonds is 5. The molecule has 1 N–H and O–H groups in total. The maximum Gasteiger partial charge on any atom is 0.224 e. The second-order valence-corrected chi connectivity index (χ2v) is 10.7. The van der Waals surface area contributed by atoms with Crippen LogP contribution >= 0.6 is 0 Å². The number of hydrogen-bond acceptors (Lipinski definition) is 3. The molecule has 7 rings (SSSR count). The molecular formula is C36H30N4O. The van der Waals surface area contributed by atoms with Crippen LogP contribution in [-0.2, 0) is 16.8 Å². The molecule has 6 aromatic rings. The van der Waals surface area contributed by atoms with E-state index in [2.05, 4.69) is 106 Å². The SMILES string of the molecule is Cc1cc(-c2nn(C(c3ccccc3)(c3ccccc3)c3ccccc3)c3cc4c(cc23)CCCC(=O)N4)ccn1. The normalized spacial score (nSPS) is 13.4. The number of aryl methyl sites for hydroxylation is 2. The number of nitrogens with one attached hydrogen (secondary N) is 1. The molecule has 0 unspecified atom stereocenters. The summed E-state index contributed by atoms with van der Waals surface area (Å²) < 4.78 is 2.17. The summed E-state index contributed by atoms with van der Waals surface area (Å²) in [6, 6.07) is 40.2. The average Bonchev–Trinajstić information content (AvgIpc) is 3.27. The molecule has 41 heavy (non-hydrogen) atoms. The van der Waals surface area contributed by atoms with Gasteiger partial charge in [0, 0.05) is 34.9 Å². The van der Waals surface area contributed by atoms with Crippen LogP contribution in [0.1, 0.15) is 40.8 Å². The molecule has 0 bridgehead atoms. The van der Waals surface area contributed by atoms with E-state index in [0.717, 1.165) is 68.6 Å². The predicted octanol–water partition coefficient (Wildman–Crippen LogP) is 7.52. The van der Waals surface area contributed by atoms with Crippen LogP contribution in [0.5, 0.6) is 0 Å². The first-order chi connectivity index (χ1) is 20.1. The molecule has 0 radical (unpaired) electrons. The Bertz CT molecular complexity index is 1760. The van der Waals surface area contributed by atoms with Crippen molar-refractivity contribution in [3.63, 3.8) is 0 Å². The molecule has 0 aliphatic carbocycles. The average molecular weight is 535 g/mol. The molecule has 5 nitrogen and oxygen atoms in total. The van der Waals surface area contributed by atoms with Gasteiger partial charge in [-0.3, -0.25) is 9.78 Å². The van der Waals surface area contributed by atoms with E-state index < -0.39 is 5.54 Å². The van der Waals surface area contributed by atoms with Crippen LogP contribution in [0.2, 0.25) is 0 Å². The summed E-state index contributed by atoms with van der Waals surface area (Å²) in [5.41, 5.74) is 8.31. The second-order valence-electron chi connectivity index (χ2n) is 10.7. The van der Waals surface area contributed by atoms with E-state index >= 15 is 0 Å². The summed E-state index contributed by atoms with van der Waals surface area (Å²) in [5, 5.41) is 9.73. The molecule has 5 heteroatoms. The Labute approximate surface area is 239 Å². The van der Waals surface area contributed by atoms with Crippen molar-refractivity contribution >= 4 is 22.5 Å². The van der Waals surface area contributed by atoms with Gasteiger partial charge in [-0.2, -0.15) is 5.10 Å². The van der Waals surface area contributed by atoms with E-state index in [4.69, 9.17) is 5.10 Å². The maximum atomic E-state index is 12.7. The molecular weight excluding hydrogens is 504 g/mol. The summed E-state index contributed by atoms with van der Waals surface area (Å²) in [5.74, 6) is 0.0552. The molecule has 0 spiro atoms. The topological polar surface area (TPSA) is 59.8 Å². The first kappa shape index (κ1) is 25.0. The summed E-state index contributed by atoms with van der Waals surface area (Å²) in [7, 11) is 0. The van der Waals surface area contributed by atoms with E-state index in [-0.39, 0.29) is 5.91 Å². The summed E-state index contributed by atoms with van der Waals surface area (Å²) in [6.45, 7) is 2.01. The van der Waals surface area contributed by atoms with Crippen LogP contribution < -0.4 is 5.32 Å². The predicted molar refractivity (Wildman–Crippen MR) is 164 cm³/mol. The first-order valence-corrected chi connectivity index (χ1v) is 14.1. The van der Waals surface area contributed by atoms with Gasteiger partial charge < -0.3 is 5.32 Å². The van der Waals surface area contributed by atoms with Crippen molar-refractivity contribution in [2.45, 2.75) is 31.7 Å². The number of carbonyl (C=O) groups excluding carboxylic acids is 1. The minimum absolute atomic E-state index is 0.0552. The van der Waals surface area contributed by atoms with E-state index in [9.17, 15) is 4.79 Å². The van der Waals surface area contributed by atoms with Crippen molar-refractivity contribution in [3.05, 3.63) is 149 Å². The van der Waals surface area contributed by atoms with Crippen LogP contribution in [0.15, 0.2) is 121 Å². The Morgan fingerprint density at radius 2 is 1.37 bits per heavy atom. The van der Waals surface area contributed by atoms with Crippen LogP contribution in [0, 0.1) is 6.92 Å². The minimum atomic E-state index is -0.786. The minimum Gasteiger partial charge on any atom is -0.326 e. The Kier molecular flexibility index (Phi) is 6.20. The number of aromatic nitrogens is 3. The lowest BCUT2D eigenvalue weighted by Crippen LogP contribution is -2.38. The second kappa shape index (κ2) is 10.2. The first-order valence-electron chi connectivity index (χ1n) is 14.1. The van der Waals surface area contributed by atoms with Gasteiger partial charge in [0.2, 0.25) is 5.91 Å². The van der Waals surface area contributed by atoms with Gasteiger partial charge in [-0.1, -0.05) is 91.0 Å². The molecule has 1 amide bonds. The summed E-state index contributed by atoms with van der Waals surface area (Å²) in [6.07, 6.45) is 4.03. The Hall–Kier alpha value is -5.03. The van der Waals surface area contributed by atoms with Crippen molar-refractivity contribution in [1.82, 2.24) is 14.8 Å². The number of anilines is 1. The number of carbonyl (C=O) groups is 1. The molecule has 0 fully saturated rings. The third kappa shape index (κ3) is 4.21. The molecule has 200 valence electrons. The fourth-order valence-corrected chi connectivity index (χ4v) is 6.25. The van der Waals surface area contributed by atoms with Gasteiger partial charge in [-0.25, -0.2) is 4.68 Å². The van der Waals surface area contributed by atoms with Crippen molar-refractivity contribution in [1.29, 1.82) is 0 Å². The molecule has 0 saturated carbocycles. The largest absolute Gasteiger partial charge is 0.326 e. The Morgan fingerprint density at radius 3 is 1.95 bits per heavy atom. The number of hydrogen-bond donors (Lipinski definition) is 1. The van der Waals surface area contributed by atoms with Crippen LogP contribution in [-0.4, -0.2) is 20.7 Å². The van der Waals surface area contributed by atoms with Gasteiger partial charge in [-0.05, 0) is 66.3 Å². The zero-order valence-corrected chi connectivity index (χ0v) is 22.9. The van der Waals surface area contributed by atoms with Crippen molar-refractivity contribution in [3.8, 4) is 11.3 Å². The highest BCUT2D eigenvalue weighted by atomic mass is 16.1. The fourth-order valence-electron chi connectivity index (χ4n) is 6.25. The molecule has 3 heterocycles. The van der Waals surface area contributed by atoms with E-state index in [1.54, 1.807) is 0 Å². The highest BCUT2D eigenvalue weighted by Crippen LogP contribution is 2.45. The zero-order valence-electron chi connectivity index (χ0n) is 22.9. The highest BCUT2D eigenvalue weighted by Gasteiger charge is 2.41. The standard InChI is InChI=1S/C36H30N4O/c1-25-22-27(20-21-37-25)35-31-23-26-12-11-19-34(41)38-32(26)24-33(31)40(39-35)36(28-13-5-2-6-14-28,29-15-7-3-8-16-29)30-17-9-4-10-18-30/h2-10,13-18,20-24H,11-12,19H2,1H3,(H,38,41). The molecule has 1 aliphatic heterocycles. The summed E-state index contributed by atoms with van der Waals surface area (Å²) >= 11 is 0. The lowest BCUT2D eigenvalue weighted by molar-refractivity contribution is -0.116. The Morgan fingerprint density at radius 1 is 0.756 bits per heavy atom. The lowest BCUT2D eigenvalue weighted by Gasteiger charge is -2.37. The van der Waals surface area contributed by atoms with Gasteiger partial charge in [-0.15, -0.1) is 0 Å². The van der Waals surface area contributed by atoms with Gasteiger partial charge >= 0.3 is 0 Å². The van der Waals surface area contributed by atoms with Gasteiger partial charge in [0.25, 0.3) is 0 Å². The van der Waals surface area contributed by atoms with E-state index in [1.165, 1.54) is 0 Å². The number of pyridine rings is 1. The third-order valence-electron chi connectivity index (χ3n) is 8.09. The number of amides is 1. The zero-order chi connectivity index (χ0) is 27.8.